The van der Waals surface area contributed by atoms with E-state index in [9.17, 15) is 13.9 Å². The van der Waals surface area contributed by atoms with Gasteiger partial charge in [0.25, 0.3) is 5.92 Å². The molecule has 0 aromatic rings. The summed E-state index contributed by atoms with van der Waals surface area (Å²) in [6.07, 6.45) is 1.90. The molecular weight excluding hydrogens is 174 g/mol. The van der Waals surface area contributed by atoms with Gasteiger partial charge in [0.2, 0.25) is 0 Å². The first-order valence-corrected chi connectivity index (χ1v) is 4.87. The smallest absolute Gasteiger partial charge is 0.251 e. The molecular formula is C10H16F2O. The Morgan fingerprint density at radius 3 is 2.08 bits per heavy atom. The molecule has 0 bridgehead atoms. The third-order valence-corrected chi connectivity index (χ3v) is 3.96. The van der Waals surface area contributed by atoms with Crippen molar-refractivity contribution in [3.05, 3.63) is 0 Å². The Bertz CT molecular complexity index is 237. The van der Waals surface area contributed by atoms with Gasteiger partial charge in [-0.2, -0.15) is 0 Å². The van der Waals surface area contributed by atoms with E-state index in [-0.39, 0.29) is 18.3 Å². The molecule has 1 nitrogen and oxygen atoms in total. The Morgan fingerprint density at radius 1 is 1.31 bits per heavy atom. The first-order valence-electron chi connectivity index (χ1n) is 4.87. The Balaban J connectivity index is 1.96. The van der Waals surface area contributed by atoms with Crippen LogP contribution in [-0.4, -0.2) is 16.6 Å². The maximum absolute atomic E-state index is 12.6. The molecule has 2 unspecified atom stereocenters. The Kier molecular flexibility index (Phi) is 1.62. The lowest BCUT2D eigenvalue weighted by molar-refractivity contribution is -0.159. The van der Waals surface area contributed by atoms with Crippen LogP contribution < -0.4 is 0 Å². The van der Waals surface area contributed by atoms with Gasteiger partial charge in [-0.05, 0) is 24.7 Å². The Labute approximate surface area is 77.1 Å². The van der Waals surface area contributed by atoms with Gasteiger partial charge < -0.3 is 5.11 Å². The van der Waals surface area contributed by atoms with E-state index in [1.807, 2.05) is 13.8 Å². The van der Waals surface area contributed by atoms with Gasteiger partial charge in [0.15, 0.2) is 0 Å². The molecule has 0 aliphatic heterocycles. The second kappa shape index (κ2) is 2.25. The van der Waals surface area contributed by atoms with Crippen molar-refractivity contribution in [3.8, 4) is 0 Å². The van der Waals surface area contributed by atoms with Crippen LogP contribution in [-0.2, 0) is 0 Å². The van der Waals surface area contributed by atoms with Gasteiger partial charge >= 0.3 is 0 Å². The second-order valence-electron chi connectivity index (χ2n) is 5.28. The molecule has 2 atom stereocenters. The van der Waals surface area contributed by atoms with Crippen molar-refractivity contribution in [2.45, 2.75) is 51.1 Å². The molecule has 0 radical (unpaired) electrons. The third-order valence-electron chi connectivity index (χ3n) is 3.96. The van der Waals surface area contributed by atoms with E-state index >= 15 is 0 Å². The van der Waals surface area contributed by atoms with Crippen LogP contribution in [0.15, 0.2) is 0 Å². The van der Waals surface area contributed by atoms with E-state index in [4.69, 9.17) is 0 Å². The average Bonchev–Trinajstić information content (AvgIpc) is 2.56. The van der Waals surface area contributed by atoms with Crippen LogP contribution in [0, 0.1) is 11.3 Å². The van der Waals surface area contributed by atoms with Crippen molar-refractivity contribution in [2.24, 2.45) is 11.3 Å². The van der Waals surface area contributed by atoms with Crippen molar-refractivity contribution in [2.75, 3.05) is 0 Å². The number of alkyl halides is 2. The van der Waals surface area contributed by atoms with E-state index in [1.165, 1.54) is 0 Å². The third kappa shape index (κ3) is 1.28. The number of hydrogen-bond donors (Lipinski definition) is 1. The van der Waals surface area contributed by atoms with Gasteiger partial charge in [-0.3, -0.25) is 0 Å². The van der Waals surface area contributed by atoms with Crippen LogP contribution >= 0.6 is 0 Å². The molecule has 2 rings (SSSR count). The summed E-state index contributed by atoms with van der Waals surface area (Å²) in [6.45, 7) is 3.91. The number of hydrogen-bond acceptors (Lipinski definition) is 1. The maximum atomic E-state index is 12.6. The standard InChI is InChI=1S/C10H16F2O/c1-8(2)3-4-9(8,13)5-7-6-10(7,11)12/h7,13H,3-6H2,1-2H3. The topological polar surface area (TPSA) is 20.2 Å². The molecule has 2 saturated carbocycles. The summed E-state index contributed by atoms with van der Waals surface area (Å²) < 4.78 is 25.3. The van der Waals surface area contributed by atoms with E-state index < -0.39 is 17.4 Å². The second-order valence-corrected chi connectivity index (χ2v) is 5.28. The summed E-state index contributed by atoms with van der Waals surface area (Å²) in [5.41, 5.74) is -0.983. The zero-order chi connectivity index (χ0) is 9.91. The molecule has 0 aromatic heterocycles. The highest BCUT2D eigenvalue weighted by atomic mass is 19.3. The first kappa shape index (κ1) is 9.38. The summed E-state index contributed by atoms with van der Waals surface area (Å²) in [4.78, 5) is 0. The summed E-state index contributed by atoms with van der Waals surface area (Å²) in [6, 6.07) is 0. The number of halogens is 2. The fraction of sp³-hybridized carbons (Fsp3) is 1.00. The SMILES string of the molecule is CC1(C)CCC1(O)CC1CC1(F)F. The van der Waals surface area contributed by atoms with Gasteiger partial charge in [-0.1, -0.05) is 13.8 Å². The maximum Gasteiger partial charge on any atom is 0.251 e. The summed E-state index contributed by atoms with van der Waals surface area (Å²) >= 11 is 0. The lowest BCUT2D eigenvalue weighted by Crippen LogP contribution is -2.54. The van der Waals surface area contributed by atoms with Crippen molar-refractivity contribution in [1.29, 1.82) is 0 Å². The average molecular weight is 190 g/mol. The summed E-state index contributed by atoms with van der Waals surface area (Å²) in [5, 5.41) is 10.0. The quantitative estimate of drug-likeness (QED) is 0.709. The lowest BCUT2D eigenvalue weighted by Gasteiger charge is -2.53. The van der Waals surface area contributed by atoms with E-state index in [2.05, 4.69) is 0 Å². The van der Waals surface area contributed by atoms with Crippen LogP contribution in [0.25, 0.3) is 0 Å². The van der Waals surface area contributed by atoms with Crippen LogP contribution in [0.2, 0.25) is 0 Å². The molecule has 0 aromatic carbocycles. The molecule has 0 saturated heterocycles. The highest BCUT2D eigenvalue weighted by Crippen LogP contribution is 2.59. The van der Waals surface area contributed by atoms with E-state index in [0.717, 1.165) is 6.42 Å². The van der Waals surface area contributed by atoms with Crippen LogP contribution in [0.4, 0.5) is 8.78 Å². The minimum absolute atomic E-state index is 0.0224. The van der Waals surface area contributed by atoms with Crippen molar-refractivity contribution < 1.29 is 13.9 Å². The Hall–Kier alpha value is -0.180. The fourth-order valence-electron chi connectivity index (χ4n) is 2.19. The largest absolute Gasteiger partial charge is 0.389 e. The van der Waals surface area contributed by atoms with E-state index in [1.54, 1.807) is 0 Å². The fourth-order valence-corrected chi connectivity index (χ4v) is 2.19. The predicted octanol–water partition coefficient (Wildman–Crippen LogP) is 2.58. The number of aliphatic hydroxyl groups is 1. The van der Waals surface area contributed by atoms with Crippen LogP contribution in [0.1, 0.15) is 39.5 Å². The summed E-state index contributed by atoms with van der Waals surface area (Å²) in [7, 11) is 0. The van der Waals surface area contributed by atoms with E-state index in [0.29, 0.717) is 6.42 Å². The van der Waals surface area contributed by atoms with Gasteiger partial charge in [0.05, 0.1) is 5.60 Å². The van der Waals surface area contributed by atoms with Crippen molar-refractivity contribution >= 4 is 0 Å². The van der Waals surface area contributed by atoms with Crippen LogP contribution in [0.3, 0.4) is 0 Å². The molecule has 1 N–H and O–H groups in total. The molecule has 2 fully saturated rings. The molecule has 3 heteroatoms. The highest BCUT2D eigenvalue weighted by molar-refractivity contribution is 5.08. The molecule has 0 heterocycles. The normalized spacial score (nSPS) is 45.5. The molecule has 2 aliphatic rings. The van der Waals surface area contributed by atoms with Crippen molar-refractivity contribution in [1.82, 2.24) is 0 Å². The molecule has 0 amide bonds. The molecule has 2 aliphatic carbocycles. The van der Waals surface area contributed by atoms with Gasteiger partial charge in [-0.15, -0.1) is 0 Å². The predicted molar refractivity (Wildman–Crippen MR) is 45.6 cm³/mol. The monoisotopic (exact) mass is 190 g/mol. The highest BCUT2D eigenvalue weighted by Gasteiger charge is 2.63. The van der Waals surface area contributed by atoms with Gasteiger partial charge in [-0.25, -0.2) is 8.78 Å². The molecule has 76 valence electrons. The van der Waals surface area contributed by atoms with Gasteiger partial charge in [0, 0.05) is 12.3 Å². The summed E-state index contributed by atoms with van der Waals surface area (Å²) in [5.74, 6) is -3.04. The first-order chi connectivity index (χ1) is 5.77. The molecule has 13 heavy (non-hydrogen) atoms. The minimum Gasteiger partial charge on any atom is -0.389 e. The zero-order valence-corrected chi connectivity index (χ0v) is 8.11. The molecule has 0 spiro atoms. The lowest BCUT2D eigenvalue weighted by atomic mass is 9.57. The zero-order valence-electron chi connectivity index (χ0n) is 8.11. The Morgan fingerprint density at radius 2 is 1.85 bits per heavy atom. The minimum atomic E-state index is -2.48. The van der Waals surface area contributed by atoms with Crippen molar-refractivity contribution in [3.63, 3.8) is 0 Å². The van der Waals surface area contributed by atoms with Crippen LogP contribution in [0.5, 0.6) is 0 Å². The number of rotatable bonds is 2. The van der Waals surface area contributed by atoms with Gasteiger partial charge in [0.1, 0.15) is 0 Å².